The second-order valence-corrected chi connectivity index (χ2v) is 12.2. The molecule has 6 heteroatoms. The average Bonchev–Trinajstić information content (AvgIpc) is 3.01. The van der Waals surface area contributed by atoms with Crippen molar-refractivity contribution in [1.82, 2.24) is 9.80 Å². The average molecular weight is 552 g/mol. The Morgan fingerprint density at radius 3 is 2.33 bits per heavy atom. The lowest BCUT2D eigenvalue weighted by Gasteiger charge is -2.40. The summed E-state index contributed by atoms with van der Waals surface area (Å²) in [6.07, 6.45) is 8.61. The molecule has 1 aliphatic carbocycles. The normalized spacial score (nSPS) is 19.6. The number of hydrogen-bond donors (Lipinski definition) is 0. The van der Waals surface area contributed by atoms with Gasteiger partial charge in [0.25, 0.3) is 11.8 Å². The summed E-state index contributed by atoms with van der Waals surface area (Å²) in [4.78, 5) is 35.2. The number of carbonyl (C=O) groups excluding carboxylic acids is 2. The van der Waals surface area contributed by atoms with E-state index < -0.39 is 0 Å². The van der Waals surface area contributed by atoms with E-state index in [1.165, 1.54) is 49.4 Å². The van der Waals surface area contributed by atoms with Crippen LogP contribution < -0.4 is 4.90 Å². The zero-order valence-electron chi connectivity index (χ0n) is 23.2. The number of rotatable bonds is 5. The molecule has 1 saturated carbocycles. The number of thioether (sulfide) groups is 1. The van der Waals surface area contributed by atoms with E-state index in [1.807, 2.05) is 70.5 Å². The molecule has 206 valence electrons. The molecule has 3 aliphatic rings. The molecule has 2 aliphatic heterocycles. The van der Waals surface area contributed by atoms with Gasteiger partial charge >= 0.3 is 0 Å². The number of aryl methyl sites for hydroxylation is 1. The van der Waals surface area contributed by atoms with Gasteiger partial charge < -0.3 is 9.80 Å². The molecular formula is C34H37N3O2S. The van der Waals surface area contributed by atoms with Crippen LogP contribution in [0.4, 0.5) is 5.69 Å². The minimum absolute atomic E-state index is 0.00272. The number of piperazine rings is 1. The summed E-state index contributed by atoms with van der Waals surface area (Å²) in [6, 6.07) is 24.7. The van der Waals surface area contributed by atoms with Crippen molar-refractivity contribution in [2.24, 2.45) is 0 Å². The topological polar surface area (TPSA) is 43.9 Å². The highest BCUT2D eigenvalue weighted by Gasteiger charge is 2.30. The molecule has 5 nitrogen and oxygen atoms in total. The van der Waals surface area contributed by atoms with Gasteiger partial charge in [0.2, 0.25) is 0 Å². The van der Waals surface area contributed by atoms with Gasteiger partial charge in [0.15, 0.2) is 0 Å². The maximum atomic E-state index is 13.7. The monoisotopic (exact) mass is 551 g/mol. The van der Waals surface area contributed by atoms with Gasteiger partial charge in [0.05, 0.1) is 17.1 Å². The summed E-state index contributed by atoms with van der Waals surface area (Å²) >= 11 is 1.51. The minimum Gasteiger partial charge on any atom is -0.336 e. The zero-order valence-corrected chi connectivity index (χ0v) is 24.0. The molecule has 6 rings (SSSR count). The molecule has 2 fully saturated rings. The number of para-hydroxylation sites is 1. The molecular weight excluding hydrogens is 514 g/mol. The fourth-order valence-corrected chi connectivity index (χ4v) is 7.23. The highest BCUT2D eigenvalue weighted by molar-refractivity contribution is 8.04. The van der Waals surface area contributed by atoms with E-state index in [2.05, 4.69) is 30.0 Å². The maximum absolute atomic E-state index is 13.7. The van der Waals surface area contributed by atoms with E-state index in [1.54, 1.807) is 0 Å². The molecule has 2 amide bonds. The van der Waals surface area contributed by atoms with E-state index in [0.29, 0.717) is 23.1 Å². The van der Waals surface area contributed by atoms with Crippen LogP contribution in [0, 0.1) is 6.92 Å². The van der Waals surface area contributed by atoms with Crippen LogP contribution in [-0.4, -0.2) is 53.8 Å². The Balaban J connectivity index is 1.15. The van der Waals surface area contributed by atoms with Crippen LogP contribution in [0.2, 0.25) is 0 Å². The zero-order chi connectivity index (χ0) is 27.5. The lowest BCUT2D eigenvalue weighted by Crippen LogP contribution is -2.52. The second-order valence-electron chi connectivity index (χ2n) is 11.1. The van der Waals surface area contributed by atoms with Gasteiger partial charge in [-0.3, -0.25) is 14.5 Å². The van der Waals surface area contributed by atoms with Crippen molar-refractivity contribution in [3.8, 4) is 0 Å². The van der Waals surface area contributed by atoms with Gasteiger partial charge in [-0.05, 0) is 66.8 Å². The van der Waals surface area contributed by atoms with E-state index in [4.69, 9.17) is 0 Å². The van der Waals surface area contributed by atoms with Crippen molar-refractivity contribution < 1.29 is 9.59 Å². The smallest absolute Gasteiger partial charge is 0.265 e. The molecule has 0 radical (unpaired) electrons. The molecule has 3 aromatic carbocycles. The van der Waals surface area contributed by atoms with Crippen molar-refractivity contribution in [2.75, 3.05) is 31.1 Å². The summed E-state index contributed by atoms with van der Waals surface area (Å²) in [5.74, 6) is 0.104. The van der Waals surface area contributed by atoms with Crippen LogP contribution in [0.15, 0.2) is 82.6 Å². The Kier molecular flexibility index (Phi) is 8.08. The summed E-state index contributed by atoms with van der Waals surface area (Å²) in [5.41, 5.74) is 4.89. The Morgan fingerprint density at radius 2 is 1.57 bits per heavy atom. The number of benzene rings is 3. The Bertz CT molecular complexity index is 1400. The van der Waals surface area contributed by atoms with Gasteiger partial charge in [0, 0.05) is 42.7 Å². The fraction of sp³-hybridized carbons (Fsp3) is 0.353. The molecule has 0 N–H and O–H groups in total. The first-order valence-electron chi connectivity index (χ1n) is 14.6. The van der Waals surface area contributed by atoms with Gasteiger partial charge in [-0.2, -0.15) is 0 Å². The van der Waals surface area contributed by atoms with Gasteiger partial charge in [-0.15, -0.1) is 0 Å². The molecule has 1 saturated heterocycles. The summed E-state index contributed by atoms with van der Waals surface area (Å²) in [5, 5.41) is 0. The Morgan fingerprint density at radius 1 is 0.875 bits per heavy atom. The first-order valence-corrected chi connectivity index (χ1v) is 15.4. The van der Waals surface area contributed by atoms with Crippen LogP contribution >= 0.6 is 11.8 Å². The van der Waals surface area contributed by atoms with Crippen molar-refractivity contribution in [2.45, 2.75) is 56.5 Å². The predicted molar refractivity (Wildman–Crippen MR) is 163 cm³/mol. The third-order valence-corrected chi connectivity index (χ3v) is 9.65. The van der Waals surface area contributed by atoms with Crippen molar-refractivity contribution >= 4 is 35.3 Å². The lowest BCUT2D eigenvalue weighted by molar-refractivity contribution is -0.114. The van der Waals surface area contributed by atoms with E-state index >= 15 is 0 Å². The van der Waals surface area contributed by atoms with Crippen molar-refractivity contribution in [3.05, 3.63) is 100.0 Å². The van der Waals surface area contributed by atoms with E-state index in [9.17, 15) is 9.59 Å². The summed E-state index contributed by atoms with van der Waals surface area (Å²) in [6.45, 7) is 6.15. The number of carbonyl (C=O) groups is 2. The number of nitrogens with zero attached hydrogens (tertiary/aromatic N) is 3. The molecule has 2 heterocycles. The lowest BCUT2D eigenvalue weighted by atomic mass is 9.94. The van der Waals surface area contributed by atoms with Crippen molar-refractivity contribution in [3.63, 3.8) is 0 Å². The minimum atomic E-state index is 0.00272. The van der Waals surface area contributed by atoms with Crippen LogP contribution in [0.3, 0.4) is 0 Å². The first-order chi connectivity index (χ1) is 19.6. The summed E-state index contributed by atoms with van der Waals surface area (Å²) in [7, 11) is 0. The standard InChI is InChI=1S/C34H37N3O2S/c1-25-9-5-6-10-28(25)24-37-30-13-7-8-14-31(30)40-32(34(37)39)23-26-15-17-27(18-16-26)33(38)36-21-19-35(20-22-36)29-11-3-2-4-12-29/h5-10,13-18,23,29H,2-4,11-12,19-22,24H2,1H3/b32-23+. The van der Waals surface area contributed by atoms with Crippen molar-refractivity contribution in [1.29, 1.82) is 0 Å². The molecule has 0 aromatic heterocycles. The van der Waals surface area contributed by atoms with Gasteiger partial charge in [-0.25, -0.2) is 0 Å². The fourth-order valence-electron chi connectivity index (χ4n) is 6.17. The molecule has 0 unspecified atom stereocenters. The van der Waals surface area contributed by atoms with E-state index in [0.717, 1.165) is 47.9 Å². The SMILES string of the molecule is Cc1ccccc1CN1C(=O)/C(=C\c2ccc(C(=O)N3CCN(C4CCCCC4)CC3)cc2)Sc2ccccc21. The number of anilines is 1. The maximum Gasteiger partial charge on any atom is 0.265 e. The van der Waals surface area contributed by atoms with Crippen LogP contribution in [0.5, 0.6) is 0 Å². The molecule has 0 atom stereocenters. The third kappa shape index (κ3) is 5.74. The van der Waals surface area contributed by atoms with Crippen LogP contribution in [0.1, 0.15) is 59.2 Å². The predicted octanol–water partition coefficient (Wildman–Crippen LogP) is 6.77. The third-order valence-electron chi connectivity index (χ3n) is 8.57. The van der Waals surface area contributed by atoms with E-state index in [-0.39, 0.29) is 11.8 Å². The number of fused-ring (bicyclic) bond motifs is 1. The van der Waals surface area contributed by atoms with Crippen LogP contribution in [0.25, 0.3) is 6.08 Å². The highest BCUT2D eigenvalue weighted by atomic mass is 32.2. The quantitative estimate of drug-likeness (QED) is 0.329. The number of hydrogen-bond acceptors (Lipinski definition) is 4. The summed E-state index contributed by atoms with van der Waals surface area (Å²) < 4.78 is 0. The Hall–Kier alpha value is -3.35. The number of amides is 2. The largest absolute Gasteiger partial charge is 0.336 e. The molecule has 3 aromatic rings. The highest BCUT2D eigenvalue weighted by Crippen LogP contribution is 2.42. The molecule has 40 heavy (non-hydrogen) atoms. The second kappa shape index (κ2) is 12.0. The Labute approximate surface area is 241 Å². The van der Waals surface area contributed by atoms with Gasteiger partial charge in [0.1, 0.15) is 0 Å². The van der Waals surface area contributed by atoms with Crippen LogP contribution in [-0.2, 0) is 11.3 Å². The van der Waals surface area contributed by atoms with Gasteiger partial charge in [-0.1, -0.05) is 79.6 Å². The molecule has 0 spiro atoms. The first kappa shape index (κ1) is 26.9. The molecule has 0 bridgehead atoms.